The first-order chi connectivity index (χ1) is 15.8. The molecule has 6 nitrogen and oxygen atoms in total. The van der Waals surface area contributed by atoms with Crippen molar-refractivity contribution in [2.75, 3.05) is 19.3 Å². The summed E-state index contributed by atoms with van der Waals surface area (Å²) in [5.41, 5.74) is 1.05. The summed E-state index contributed by atoms with van der Waals surface area (Å²) in [6, 6.07) is 11.0. The molecular formula is C23H26FN3O3S3. The maximum atomic E-state index is 13.2. The van der Waals surface area contributed by atoms with Crippen LogP contribution in [-0.4, -0.2) is 42.5 Å². The van der Waals surface area contributed by atoms with E-state index in [0.717, 1.165) is 40.2 Å². The zero-order valence-corrected chi connectivity index (χ0v) is 21.0. The van der Waals surface area contributed by atoms with Crippen molar-refractivity contribution in [2.24, 2.45) is 10.9 Å². The number of halogens is 1. The number of aromatic nitrogens is 1. The van der Waals surface area contributed by atoms with Crippen molar-refractivity contribution in [3.63, 3.8) is 0 Å². The van der Waals surface area contributed by atoms with Crippen LogP contribution in [0.5, 0.6) is 0 Å². The minimum absolute atomic E-state index is 0.0313. The Morgan fingerprint density at radius 1 is 1.24 bits per heavy atom. The summed E-state index contributed by atoms with van der Waals surface area (Å²) in [4.78, 5) is 19.4. The molecule has 1 unspecified atom stereocenters. The number of piperidine rings is 1. The first-order valence-electron chi connectivity index (χ1n) is 10.8. The summed E-state index contributed by atoms with van der Waals surface area (Å²) in [7, 11) is -3.80. The Balaban J connectivity index is 1.62. The van der Waals surface area contributed by atoms with Crippen LogP contribution in [0.2, 0.25) is 0 Å². The molecule has 0 saturated carbocycles. The van der Waals surface area contributed by atoms with Gasteiger partial charge in [0.2, 0.25) is 10.0 Å². The molecule has 10 heteroatoms. The van der Waals surface area contributed by atoms with Gasteiger partial charge in [0, 0.05) is 24.5 Å². The third-order valence-electron chi connectivity index (χ3n) is 5.73. The van der Waals surface area contributed by atoms with Crippen molar-refractivity contribution in [1.29, 1.82) is 0 Å². The highest BCUT2D eigenvalue weighted by atomic mass is 32.2. The molecule has 0 radical (unpaired) electrons. The molecule has 0 aliphatic carbocycles. The van der Waals surface area contributed by atoms with Crippen LogP contribution in [0.25, 0.3) is 10.2 Å². The van der Waals surface area contributed by atoms with Gasteiger partial charge in [-0.15, -0.1) is 11.8 Å². The van der Waals surface area contributed by atoms with Crippen LogP contribution in [0.1, 0.15) is 26.2 Å². The molecule has 0 spiro atoms. The number of rotatable bonds is 6. The van der Waals surface area contributed by atoms with Crippen LogP contribution >= 0.6 is 23.1 Å². The van der Waals surface area contributed by atoms with Crippen molar-refractivity contribution in [1.82, 2.24) is 8.87 Å². The van der Waals surface area contributed by atoms with Gasteiger partial charge in [0.15, 0.2) is 4.80 Å². The van der Waals surface area contributed by atoms with Gasteiger partial charge in [-0.1, -0.05) is 18.3 Å². The molecule has 4 rings (SSSR count). The van der Waals surface area contributed by atoms with Gasteiger partial charge in [-0.2, -0.15) is 9.30 Å². The first-order valence-corrected chi connectivity index (χ1v) is 14.3. The number of aryl methyl sites for hydroxylation is 1. The zero-order valence-electron chi connectivity index (χ0n) is 18.5. The van der Waals surface area contributed by atoms with E-state index in [1.165, 1.54) is 27.8 Å². The van der Waals surface area contributed by atoms with Gasteiger partial charge in [-0.25, -0.2) is 12.8 Å². The summed E-state index contributed by atoms with van der Waals surface area (Å²) in [6.45, 7) is 3.25. The highest BCUT2D eigenvalue weighted by Crippen LogP contribution is 2.26. The molecule has 1 saturated heterocycles. The second-order valence-corrected chi connectivity index (χ2v) is 11.8. The highest BCUT2D eigenvalue weighted by Gasteiger charge is 2.33. The number of amides is 1. The Hall–Kier alpha value is -2.01. The number of carbonyl (C=O) groups is 1. The molecular weight excluding hydrogens is 481 g/mol. The van der Waals surface area contributed by atoms with Crippen molar-refractivity contribution in [3.8, 4) is 0 Å². The minimum Gasteiger partial charge on any atom is -0.316 e. The van der Waals surface area contributed by atoms with Gasteiger partial charge in [0.05, 0.1) is 21.0 Å². The van der Waals surface area contributed by atoms with Crippen molar-refractivity contribution in [3.05, 3.63) is 53.1 Å². The molecule has 0 N–H and O–H groups in total. The molecule has 1 aromatic heterocycles. The fourth-order valence-electron chi connectivity index (χ4n) is 4.01. The smallest absolute Gasteiger partial charge is 0.252 e. The molecule has 2 aromatic carbocycles. The molecule has 1 amide bonds. The number of thioether (sulfide) groups is 1. The molecule has 1 atom stereocenters. The van der Waals surface area contributed by atoms with Crippen LogP contribution < -0.4 is 4.80 Å². The van der Waals surface area contributed by atoms with E-state index >= 15 is 0 Å². The lowest BCUT2D eigenvalue weighted by molar-refractivity contribution is -0.122. The maximum Gasteiger partial charge on any atom is 0.252 e. The number of sulfonamides is 1. The van der Waals surface area contributed by atoms with E-state index in [2.05, 4.69) is 34.7 Å². The normalized spacial score (nSPS) is 18.2. The number of fused-ring (bicyclic) bond motifs is 1. The monoisotopic (exact) mass is 507 g/mol. The van der Waals surface area contributed by atoms with E-state index < -0.39 is 21.8 Å². The third-order valence-corrected chi connectivity index (χ3v) is 9.37. The second kappa shape index (κ2) is 10.1. The van der Waals surface area contributed by atoms with Crippen molar-refractivity contribution in [2.45, 2.75) is 42.5 Å². The summed E-state index contributed by atoms with van der Waals surface area (Å²) in [5.74, 6) is -1.29. The standard InChI is InChI=1S/C23H26FN3O3S3/c1-3-12-27-20-11-8-18(31-2)14-21(20)32-23(27)25-22(28)16-5-4-13-26(15-16)33(29,30)19-9-6-17(24)7-10-19/h6-11,14,16H,3-5,12-13,15H2,1-2H3. The van der Waals surface area contributed by atoms with Gasteiger partial charge in [0.1, 0.15) is 5.82 Å². The molecule has 0 bridgehead atoms. The summed E-state index contributed by atoms with van der Waals surface area (Å²) >= 11 is 3.15. The molecule has 33 heavy (non-hydrogen) atoms. The average Bonchev–Trinajstić information content (AvgIpc) is 3.15. The van der Waals surface area contributed by atoms with Crippen LogP contribution in [0.15, 0.2) is 57.2 Å². The topological polar surface area (TPSA) is 71.7 Å². The lowest BCUT2D eigenvalue weighted by atomic mass is 9.99. The van der Waals surface area contributed by atoms with E-state index in [9.17, 15) is 17.6 Å². The van der Waals surface area contributed by atoms with E-state index in [-0.39, 0.29) is 17.3 Å². The first kappa shape index (κ1) is 24.1. The zero-order chi connectivity index (χ0) is 23.6. The lowest BCUT2D eigenvalue weighted by Crippen LogP contribution is -2.42. The third kappa shape index (κ3) is 5.08. The molecule has 176 valence electrons. The molecule has 2 heterocycles. The lowest BCUT2D eigenvalue weighted by Gasteiger charge is -2.30. The fourth-order valence-corrected chi connectivity index (χ4v) is 7.15. The van der Waals surface area contributed by atoms with Gasteiger partial charge in [0.25, 0.3) is 5.91 Å². The van der Waals surface area contributed by atoms with Crippen molar-refractivity contribution >= 4 is 49.2 Å². The average molecular weight is 508 g/mol. The molecule has 1 aliphatic heterocycles. The maximum absolute atomic E-state index is 13.2. The van der Waals surface area contributed by atoms with E-state index in [1.807, 2.05) is 6.26 Å². The molecule has 3 aromatic rings. The number of carbonyl (C=O) groups excluding carboxylic acids is 1. The fraction of sp³-hybridized carbons (Fsp3) is 0.391. The molecule has 1 fully saturated rings. The van der Waals surface area contributed by atoms with Gasteiger partial charge < -0.3 is 4.57 Å². The Bertz CT molecular complexity index is 1330. The number of thiazole rings is 1. The van der Waals surface area contributed by atoms with Crippen LogP contribution in [0, 0.1) is 11.7 Å². The summed E-state index contributed by atoms with van der Waals surface area (Å²) in [6.07, 6.45) is 4.10. The SMILES string of the molecule is CCCn1c(=NC(=O)C2CCCN(S(=O)(=O)c3ccc(F)cc3)C2)sc2cc(SC)ccc21. The number of nitrogens with zero attached hydrogens (tertiary/aromatic N) is 3. The van der Waals surface area contributed by atoms with Gasteiger partial charge >= 0.3 is 0 Å². The van der Waals surface area contributed by atoms with Crippen LogP contribution in [0.3, 0.4) is 0 Å². The summed E-state index contributed by atoms with van der Waals surface area (Å²) < 4.78 is 43.7. The van der Waals surface area contributed by atoms with Crippen molar-refractivity contribution < 1.29 is 17.6 Å². The van der Waals surface area contributed by atoms with E-state index in [0.29, 0.717) is 24.2 Å². The second-order valence-electron chi connectivity index (χ2n) is 7.98. The largest absolute Gasteiger partial charge is 0.316 e. The predicted molar refractivity (Wildman–Crippen MR) is 130 cm³/mol. The predicted octanol–water partition coefficient (Wildman–Crippen LogP) is 4.50. The highest BCUT2D eigenvalue weighted by molar-refractivity contribution is 7.98. The van der Waals surface area contributed by atoms with Gasteiger partial charge in [-0.05, 0) is 68.0 Å². The van der Waals surface area contributed by atoms with E-state index in [1.54, 1.807) is 11.8 Å². The Morgan fingerprint density at radius 2 is 2.00 bits per heavy atom. The minimum atomic E-state index is -3.80. The van der Waals surface area contributed by atoms with Gasteiger partial charge in [-0.3, -0.25) is 4.79 Å². The number of hydrogen-bond acceptors (Lipinski definition) is 5. The number of benzene rings is 2. The van der Waals surface area contributed by atoms with Crippen LogP contribution in [0.4, 0.5) is 4.39 Å². The van der Waals surface area contributed by atoms with Crippen LogP contribution in [-0.2, 0) is 21.4 Å². The number of hydrogen-bond donors (Lipinski definition) is 0. The Kier molecular flexibility index (Phi) is 7.37. The quantitative estimate of drug-likeness (QED) is 0.461. The van der Waals surface area contributed by atoms with E-state index in [4.69, 9.17) is 0 Å². The Labute approximate surface area is 201 Å². The Morgan fingerprint density at radius 3 is 2.70 bits per heavy atom. The molecule has 1 aliphatic rings. The summed E-state index contributed by atoms with van der Waals surface area (Å²) in [5, 5.41) is 0.